The van der Waals surface area contributed by atoms with Crippen LogP contribution in [0.25, 0.3) is 0 Å². The highest BCUT2D eigenvalue weighted by Crippen LogP contribution is 2.18. The summed E-state index contributed by atoms with van der Waals surface area (Å²) in [5.41, 5.74) is 2.98. The number of nitrogen functional groups attached to an aromatic ring is 1. The van der Waals surface area contributed by atoms with E-state index in [2.05, 4.69) is 20.7 Å². The van der Waals surface area contributed by atoms with E-state index in [0.29, 0.717) is 23.0 Å². The normalized spacial score (nSPS) is 12.6. The first-order valence-corrected chi connectivity index (χ1v) is 4.97. The van der Waals surface area contributed by atoms with Crippen molar-refractivity contribution in [2.75, 3.05) is 17.3 Å². The van der Waals surface area contributed by atoms with Crippen LogP contribution in [0.2, 0.25) is 0 Å². The molecule has 1 aromatic heterocycles. The fraction of sp³-hybridized carbons (Fsp3) is 0.556. The summed E-state index contributed by atoms with van der Waals surface area (Å²) in [6.07, 6.45) is -4.53. The molecule has 1 unspecified atom stereocenters. The monoisotopic (exact) mass is 247 g/mol. The third-order valence-electron chi connectivity index (χ3n) is 2.16. The predicted octanol–water partition coefficient (Wildman–Crippen LogP) is 0.417. The summed E-state index contributed by atoms with van der Waals surface area (Å²) in [5, 5.41) is 11.6. The molecule has 1 heterocycles. The summed E-state index contributed by atoms with van der Waals surface area (Å²) >= 11 is 0. The lowest BCUT2D eigenvalue weighted by Gasteiger charge is -2.14. The van der Waals surface area contributed by atoms with Crippen LogP contribution in [0.3, 0.4) is 0 Å². The summed E-state index contributed by atoms with van der Waals surface area (Å²) in [6, 6.07) is 0. The van der Waals surface area contributed by atoms with E-state index in [-0.39, 0.29) is 6.54 Å². The van der Waals surface area contributed by atoms with Gasteiger partial charge in [0.1, 0.15) is 23.6 Å². The van der Waals surface area contributed by atoms with Crippen molar-refractivity contribution < 1.29 is 13.9 Å². The second kappa shape index (κ2) is 5.69. The molecule has 96 valence electrons. The fourth-order valence-electron chi connectivity index (χ4n) is 1.23. The average molecular weight is 247 g/mol. The number of aliphatic hydroxyl groups excluding tert-OH is 1. The van der Waals surface area contributed by atoms with Crippen LogP contribution in [0.4, 0.5) is 20.4 Å². The summed E-state index contributed by atoms with van der Waals surface area (Å²) in [6.45, 7) is 3.04. The molecule has 17 heavy (non-hydrogen) atoms. The molecular weight excluding hydrogens is 232 g/mol. The molecule has 8 heteroatoms. The number of halogens is 2. The first-order valence-electron chi connectivity index (χ1n) is 4.97. The maximum atomic E-state index is 12.1. The topological polar surface area (TPSA) is 96.1 Å². The Morgan fingerprint density at radius 1 is 1.29 bits per heavy atom. The Balaban J connectivity index is 2.80. The molecule has 0 spiro atoms. The minimum Gasteiger partial charge on any atom is -0.385 e. The van der Waals surface area contributed by atoms with Crippen LogP contribution in [0.15, 0.2) is 0 Å². The molecule has 0 saturated carbocycles. The van der Waals surface area contributed by atoms with Crippen LogP contribution < -0.4 is 16.6 Å². The van der Waals surface area contributed by atoms with Gasteiger partial charge in [0, 0.05) is 12.1 Å². The van der Waals surface area contributed by atoms with Crippen LogP contribution in [-0.2, 0) is 0 Å². The number of aromatic nitrogens is 2. The third kappa shape index (κ3) is 3.46. The van der Waals surface area contributed by atoms with E-state index in [1.54, 1.807) is 13.8 Å². The Hall–Kier alpha value is -1.54. The molecule has 0 bridgehead atoms. The first-order chi connectivity index (χ1) is 7.95. The van der Waals surface area contributed by atoms with Gasteiger partial charge in [-0.1, -0.05) is 0 Å². The van der Waals surface area contributed by atoms with Crippen LogP contribution >= 0.6 is 0 Å². The number of hydrazine groups is 1. The number of hydrogen-bond donors (Lipinski definition) is 4. The molecule has 1 aromatic rings. The number of hydrogen-bond acceptors (Lipinski definition) is 6. The van der Waals surface area contributed by atoms with E-state index in [1.807, 2.05) is 0 Å². The zero-order valence-electron chi connectivity index (χ0n) is 9.54. The highest BCUT2D eigenvalue weighted by atomic mass is 19.3. The second-order valence-electron chi connectivity index (χ2n) is 3.52. The number of alkyl halides is 2. The molecule has 0 aromatic carbocycles. The van der Waals surface area contributed by atoms with Gasteiger partial charge in [-0.3, -0.25) is 0 Å². The standard InChI is InChI=1S/C9H15F2N5O/c1-4-8(13-3-6(17)7(10)11)14-5(2)15-9(4)16-12/h6-7,17H,3,12H2,1-2H3,(H2,13,14,15,16). The van der Waals surface area contributed by atoms with Crippen LogP contribution in [0, 0.1) is 13.8 Å². The number of rotatable bonds is 5. The smallest absolute Gasteiger partial charge is 0.265 e. The zero-order chi connectivity index (χ0) is 13.0. The average Bonchev–Trinajstić information content (AvgIpc) is 2.29. The minimum atomic E-state index is -2.79. The molecule has 0 saturated heterocycles. The number of nitrogens with one attached hydrogen (secondary N) is 2. The molecular formula is C9H15F2N5O. The van der Waals surface area contributed by atoms with Gasteiger partial charge in [0.25, 0.3) is 6.43 Å². The molecule has 0 fully saturated rings. The third-order valence-corrected chi connectivity index (χ3v) is 2.16. The maximum Gasteiger partial charge on any atom is 0.265 e. The Morgan fingerprint density at radius 2 is 1.88 bits per heavy atom. The Morgan fingerprint density at radius 3 is 2.41 bits per heavy atom. The van der Waals surface area contributed by atoms with E-state index in [1.165, 1.54) is 0 Å². The highest BCUT2D eigenvalue weighted by molar-refractivity contribution is 5.56. The van der Waals surface area contributed by atoms with Gasteiger partial charge in [-0.05, 0) is 13.8 Å². The van der Waals surface area contributed by atoms with Crippen molar-refractivity contribution in [1.82, 2.24) is 9.97 Å². The van der Waals surface area contributed by atoms with Gasteiger partial charge < -0.3 is 15.8 Å². The molecule has 1 atom stereocenters. The molecule has 1 rings (SSSR count). The van der Waals surface area contributed by atoms with Gasteiger partial charge in [-0.25, -0.2) is 24.6 Å². The number of nitrogens with zero attached hydrogens (tertiary/aromatic N) is 2. The number of aliphatic hydroxyl groups is 1. The Labute approximate surface area is 97.2 Å². The van der Waals surface area contributed by atoms with E-state index in [0.717, 1.165) is 0 Å². The van der Waals surface area contributed by atoms with Crippen molar-refractivity contribution in [3.05, 3.63) is 11.4 Å². The van der Waals surface area contributed by atoms with Gasteiger partial charge in [-0.15, -0.1) is 0 Å². The quantitative estimate of drug-likeness (QED) is 0.445. The molecule has 6 nitrogen and oxygen atoms in total. The molecule has 0 aliphatic heterocycles. The molecule has 5 N–H and O–H groups in total. The van der Waals surface area contributed by atoms with E-state index >= 15 is 0 Å². The minimum absolute atomic E-state index is 0.293. The van der Waals surface area contributed by atoms with Gasteiger partial charge >= 0.3 is 0 Å². The maximum absolute atomic E-state index is 12.1. The van der Waals surface area contributed by atoms with E-state index in [9.17, 15) is 8.78 Å². The van der Waals surface area contributed by atoms with Crippen LogP contribution in [-0.4, -0.2) is 34.1 Å². The Bertz CT molecular complexity index is 388. The van der Waals surface area contributed by atoms with Crippen LogP contribution in [0.5, 0.6) is 0 Å². The van der Waals surface area contributed by atoms with Crippen LogP contribution in [0.1, 0.15) is 11.4 Å². The lowest BCUT2D eigenvalue weighted by Crippen LogP contribution is -2.27. The van der Waals surface area contributed by atoms with Gasteiger partial charge in [0.2, 0.25) is 0 Å². The fourth-order valence-corrected chi connectivity index (χ4v) is 1.23. The van der Waals surface area contributed by atoms with Crippen molar-refractivity contribution in [2.24, 2.45) is 5.84 Å². The lowest BCUT2D eigenvalue weighted by atomic mass is 10.3. The second-order valence-corrected chi connectivity index (χ2v) is 3.52. The summed E-state index contributed by atoms with van der Waals surface area (Å²) in [4.78, 5) is 8.06. The molecule has 0 amide bonds. The van der Waals surface area contributed by atoms with E-state index in [4.69, 9.17) is 10.9 Å². The Kier molecular flexibility index (Phi) is 4.53. The lowest BCUT2D eigenvalue weighted by molar-refractivity contribution is 0.00380. The number of nitrogens with two attached hydrogens (primary N) is 1. The highest BCUT2D eigenvalue weighted by Gasteiger charge is 2.17. The van der Waals surface area contributed by atoms with Crippen molar-refractivity contribution in [3.8, 4) is 0 Å². The molecule has 0 aliphatic rings. The molecule has 0 radical (unpaired) electrons. The summed E-state index contributed by atoms with van der Waals surface area (Å²) in [5.74, 6) is 6.47. The van der Waals surface area contributed by atoms with Gasteiger partial charge in [0.05, 0.1) is 0 Å². The number of aryl methyl sites for hydroxylation is 1. The molecule has 0 aliphatic carbocycles. The number of anilines is 2. The predicted molar refractivity (Wildman–Crippen MR) is 59.8 cm³/mol. The zero-order valence-corrected chi connectivity index (χ0v) is 9.54. The van der Waals surface area contributed by atoms with E-state index < -0.39 is 12.5 Å². The van der Waals surface area contributed by atoms with Crippen molar-refractivity contribution >= 4 is 11.6 Å². The van der Waals surface area contributed by atoms with Crippen molar-refractivity contribution in [3.63, 3.8) is 0 Å². The van der Waals surface area contributed by atoms with Crippen molar-refractivity contribution in [2.45, 2.75) is 26.4 Å². The summed E-state index contributed by atoms with van der Waals surface area (Å²) in [7, 11) is 0. The SMILES string of the molecule is Cc1nc(NN)c(C)c(NCC(O)C(F)F)n1. The van der Waals surface area contributed by atoms with Gasteiger partial charge in [-0.2, -0.15) is 0 Å². The largest absolute Gasteiger partial charge is 0.385 e. The first kappa shape index (κ1) is 13.5. The summed E-state index contributed by atoms with van der Waals surface area (Å²) < 4.78 is 24.2. The van der Waals surface area contributed by atoms with Crippen molar-refractivity contribution in [1.29, 1.82) is 0 Å². The van der Waals surface area contributed by atoms with Gasteiger partial charge in [0.15, 0.2) is 0 Å².